The minimum atomic E-state index is -0.859. The molecule has 0 saturated carbocycles. The Morgan fingerprint density at radius 3 is 2.50 bits per heavy atom. The molecule has 0 saturated heterocycles. The summed E-state index contributed by atoms with van der Waals surface area (Å²) in [6.45, 7) is 7.60. The Morgan fingerprint density at radius 1 is 1.50 bits per heavy atom. The highest BCUT2D eigenvalue weighted by molar-refractivity contribution is 5.75. The molecule has 0 fully saturated rings. The van der Waals surface area contributed by atoms with Gasteiger partial charge in [0.15, 0.2) is 0 Å². The number of hydrogen-bond acceptors (Lipinski definition) is 2. The Balaban J connectivity index is 4.18. The molecule has 0 bridgehead atoms. The highest BCUT2D eigenvalue weighted by Gasteiger charge is 2.22. The summed E-state index contributed by atoms with van der Waals surface area (Å²) in [6, 6.07) is -0.227. The quantitative estimate of drug-likeness (QED) is 0.676. The van der Waals surface area contributed by atoms with Gasteiger partial charge in [0.2, 0.25) is 0 Å². The van der Waals surface area contributed by atoms with Crippen LogP contribution in [0, 0.1) is 0 Å². The molecule has 5 heteroatoms. The van der Waals surface area contributed by atoms with Gasteiger partial charge in [-0.15, -0.1) is 6.58 Å². The maximum Gasteiger partial charge on any atom is 0.317 e. The van der Waals surface area contributed by atoms with E-state index >= 15 is 0 Å². The van der Waals surface area contributed by atoms with Gasteiger partial charge in [-0.05, 0) is 20.3 Å². The molecule has 0 aliphatic carbocycles. The maximum absolute atomic E-state index is 11.6. The molecular formula is C11H20N2O3. The van der Waals surface area contributed by atoms with Gasteiger partial charge in [0.25, 0.3) is 0 Å². The first kappa shape index (κ1) is 14.5. The predicted octanol–water partition coefficient (Wildman–Crippen LogP) is 1.46. The molecular weight excluding hydrogens is 208 g/mol. The van der Waals surface area contributed by atoms with Gasteiger partial charge in [-0.3, -0.25) is 4.79 Å². The molecule has 16 heavy (non-hydrogen) atoms. The number of hydrogen-bond donors (Lipinski definition) is 2. The number of likely N-dealkylation sites (N-methyl/N-ethyl adjacent to an activating group) is 1. The average Bonchev–Trinajstić information content (AvgIpc) is 2.14. The Bertz CT molecular complexity index is 274. The average molecular weight is 228 g/mol. The van der Waals surface area contributed by atoms with Crippen molar-refractivity contribution in [2.45, 2.75) is 32.2 Å². The zero-order chi connectivity index (χ0) is 12.8. The van der Waals surface area contributed by atoms with Gasteiger partial charge in [0, 0.05) is 25.6 Å². The van der Waals surface area contributed by atoms with Crippen molar-refractivity contribution < 1.29 is 14.7 Å². The van der Waals surface area contributed by atoms with Crippen molar-refractivity contribution in [2.24, 2.45) is 0 Å². The first-order valence-electron chi connectivity index (χ1n) is 5.14. The fourth-order valence-corrected chi connectivity index (χ4v) is 1.14. The number of nitrogens with one attached hydrogen (secondary N) is 1. The van der Waals surface area contributed by atoms with Gasteiger partial charge in [-0.1, -0.05) is 6.08 Å². The van der Waals surface area contributed by atoms with Crippen LogP contribution >= 0.6 is 0 Å². The fourth-order valence-electron chi connectivity index (χ4n) is 1.14. The fraction of sp³-hybridized carbons (Fsp3) is 0.636. The van der Waals surface area contributed by atoms with E-state index in [2.05, 4.69) is 11.9 Å². The van der Waals surface area contributed by atoms with Gasteiger partial charge < -0.3 is 15.3 Å². The third kappa shape index (κ3) is 6.06. The van der Waals surface area contributed by atoms with Crippen molar-refractivity contribution in [1.82, 2.24) is 10.2 Å². The summed E-state index contributed by atoms with van der Waals surface area (Å²) < 4.78 is 0. The van der Waals surface area contributed by atoms with Crippen molar-refractivity contribution in [3.8, 4) is 0 Å². The Labute approximate surface area is 96.1 Å². The van der Waals surface area contributed by atoms with E-state index in [1.165, 1.54) is 4.90 Å². The van der Waals surface area contributed by atoms with Crippen LogP contribution in [-0.2, 0) is 4.79 Å². The van der Waals surface area contributed by atoms with Crippen molar-refractivity contribution in [3.63, 3.8) is 0 Å². The molecule has 0 unspecified atom stereocenters. The summed E-state index contributed by atoms with van der Waals surface area (Å²) in [6.07, 6.45) is 2.07. The topological polar surface area (TPSA) is 69.6 Å². The van der Waals surface area contributed by atoms with Gasteiger partial charge in [0.05, 0.1) is 0 Å². The third-order valence-electron chi connectivity index (χ3n) is 2.16. The largest absolute Gasteiger partial charge is 0.481 e. The van der Waals surface area contributed by atoms with E-state index in [-0.39, 0.29) is 12.5 Å². The van der Waals surface area contributed by atoms with Gasteiger partial charge in [0.1, 0.15) is 0 Å². The molecule has 0 atom stereocenters. The lowest BCUT2D eigenvalue weighted by molar-refractivity contribution is -0.137. The highest BCUT2D eigenvalue weighted by Crippen LogP contribution is 2.11. The first-order chi connectivity index (χ1) is 7.28. The molecule has 0 aromatic carbocycles. The van der Waals surface area contributed by atoms with Gasteiger partial charge in [-0.2, -0.15) is 0 Å². The van der Waals surface area contributed by atoms with Gasteiger partial charge >= 0.3 is 12.0 Å². The Hall–Kier alpha value is -1.52. The van der Waals surface area contributed by atoms with E-state index in [1.807, 2.05) is 0 Å². The molecule has 0 aromatic rings. The second-order valence-electron chi connectivity index (χ2n) is 4.38. The molecule has 0 aromatic heterocycles. The monoisotopic (exact) mass is 228 g/mol. The molecule has 0 rings (SSSR count). The number of carboxylic acids is 1. The minimum Gasteiger partial charge on any atom is -0.481 e. The van der Waals surface area contributed by atoms with Crippen LogP contribution in [0.25, 0.3) is 0 Å². The number of aliphatic carboxylic acids is 1. The summed E-state index contributed by atoms with van der Waals surface area (Å²) in [5.41, 5.74) is -0.523. The van der Waals surface area contributed by atoms with Crippen LogP contribution in [0.1, 0.15) is 26.7 Å². The van der Waals surface area contributed by atoms with E-state index in [4.69, 9.17) is 5.11 Å². The summed E-state index contributed by atoms with van der Waals surface area (Å²) >= 11 is 0. The van der Waals surface area contributed by atoms with E-state index in [0.29, 0.717) is 13.0 Å². The normalized spacial score (nSPS) is 10.7. The van der Waals surface area contributed by atoms with Crippen LogP contribution in [0.4, 0.5) is 4.79 Å². The molecule has 0 aliphatic heterocycles. The molecule has 5 nitrogen and oxygen atoms in total. The standard InChI is InChI=1S/C11H20N2O3/c1-5-8-13(4)10(16)12-11(2,3)7-6-9(14)15/h5H,1,6-8H2,2-4H3,(H,12,16)(H,14,15). The van der Waals surface area contributed by atoms with E-state index in [1.54, 1.807) is 27.0 Å². The van der Waals surface area contributed by atoms with E-state index < -0.39 is 11.5 Å². The molecule has 92 valence electrons. The molecule has 0 spiro atoms. The Morgan fingerprint density at radius 2 is 2.06 bits per heavy atom. The van der Waals surface area contributed by atoms with Crippen molar-refractivity contribution in [1.29, 1.82) is 0 Å². The minimum absolute atomic E-state index is 0.0401. The molecule has 0 heterocycles. The summed E-state index contributed by atoms with van der Waals surface area (Å²) in [4.78, 5) is 23.5. The van der Waals surface area contributed by atoms with E-state index in [0.717, 1.165) is 0 Å². The molecule has 2 N–H and O–H groups in total. The summed E-state index contributed by atoms with van der Waals surface area (Å²) in [7, 11) is 1.66. The number of carboxylic acid groups (broad SMARTS) is 1. The SMILES string of the molecule is C=CCN(C)C(=O)NC(C)(C)CCC(=O)O. The smallest absolute Gasteiger partial charge is 0.317 e. The second-order valence-corrected chi connectivity index (χ2v) is 4.38. The maximum atomic E-state index is 11.6. The number of carbonyl (C=O) groups excluding carboxylic acids is 1. The molecule has 0 radical (unpaired) electrons. The lowest BCUT2D eigenvalue weighted by Gasteiger charge is -2.28. The third-order valence-corrected chi connectivity index (χ3v) is 2.16. The first-order valence-corrected chi connectivity index (χ1v) is 5.14. The number of amides is 2. The zero-order valence-corrected chi connectivity index (χ0v) is 10.1. The van der Waals surface area contributed by atoms with Crippen molar-refractivity contribution >= 4 is 12.0 Å². The molecule has 0 aliphatic rings. The second kappa shape index (κ2) is 6.15. The number of urea groups is 1. The van der Waals surface area contributed by atoms with Crippen LogP contribution in [0.2, 0.25) is 0 Å². The Kier molecular flexibility index (Phi) is 5.56. The molecule has 2 amide bonds. The van der Waals surface area contributed by atoms with Crippen LogP contribution in [0.5, 0.6) is 0 Å². The van der Waals surface area contributed by atoms with E-state index in [9.17, 15) is 9.59 Å². The van der Waals surface area contributed by atoms with Gasteiger partial charge in [-0.25, -0.2) is 4.79 Å². The lowest BCUT2D eigenvalue weighted by atomic mass is 9.99. The summed E-state index contributed by atoms with van der Waals surface area (Å²) in [5, 5.41) is 11.3. The lowest BCUT2D eigenvalue weighted by Crippen LogP contribution is -2.49. The van der Waals surface area contributed by atoms with Crippen LogP contribution in [0.15, 0.2) is 12.7 Å². The zero-order valence-electron chi connectivity index (χ0n) is 10.1. The summed E-state index contributed by atoms with van der Waals surface area (Å²) in [5.74, 6) is -0.859. The number of rotatable bonds is 6. The van der Waals surface area contributed by atoms with Crippen LogP contribution in [0.3, 0.4) is 0 Å². The van der Waals surface area contributed by atoms with Crippen LogP contribution < -0.4 is 5.32 Å². The highest BCUT2D eigenvalue weighted by atomic mass is 16.4. The number of nitrogens with zero attached hydrogens (tertiary/aromatic N) is 1. The van der Waals surface area contributed by atoms with Crippen molar-refractivity contribution in [3.05, 3.63) is 12.7 Å². The number of carbonyl (C=O) groups is 2. The van der Waals surface area contributed by atoms with Crippen LogP contribution in [-0.4, -0.2) is 41.1 Å². The predicted molar refractivity (Wildman–Crippen MR) is 62.3 cm³/mol. The van der Waals surface area contributed by atoms with Crippen molar-refractivity contribution in [2.75, 3.05) is 13.6 Å².